The van der Waals surface area contributed by atoms with E-state index in [2.05, 4.69) is 4.90 Å². The second-order valence-corrected chi connectivity index (χ2v) is 8.34. The zero-order chi connectivity index (χ0) is 20.0. The Morgan fingerprint density at radius 2 is 1.54 bits per heavy atom. The zero-order valence-electron chi connectivity index (χ0n) is 15.9. The molecule has 1 saturated heterocycles. The predicted molar refractivity (Wildman–Crippen MR) is 105 cm³/mol. The zero-order valence-corrected chi connectivity index (χ0v) is 16.7. The number of benzene rings is 2. The summed E-state index contributed by atoms with van der Waals surface area (Å²) >= 11 is 0. The monoisotopic (exact) mass is 408 g/mol. The molecule has 1 aliphatic heterocycles. The van der Waals surface area contributed by atoms with E-state index in [1.807, 2.05) is 31.2 Å². The van der Waals surface area contributed by atoms with E-state index in [1.165, 1.54) is 28.6 Å². The molecule has 0 spiro atoms. The molecule has 6 nitrogen and oxygen atoms in total. The molecule has 0 aromatic heterocycles. The Bertz CT molecular complexity index is 866. The number of hydrogen-bond donors (Lipinski definition) is 0. The Balaban J connectivity index is 1.46. The fourth-order valence-electron chi connectivity index (χ4n) is 3.08. The quantitative estimate of drug-likeness (QED) is 0.672. The average molecular weight is 408 g/mol. The molecule has 0 saturated carbocycles. The van der Waals surface area contributed by atoms with E-state index in [4.69, 9.17) is 9.47 Å². The highest BCUT2D eigenvalue weighted by atomic mass is 32.2. The van der Waals surface area contributed by atoms with Gasteiger partial charge in [0.2, 0.25) is 10.0 Å². The molecule has 0 amide bonds. The smallest absolute Gasteiger partial charge is 0.246 e. The van der Waals surface area contributed by atoms with Crippen LogP contribution in [0.5, 0.6) is 11.5 Å². The number of sulfonamides is 1. The molecule has 3 rings (SSSR count). The van der Waals surface area contributed by atoms with Crippen molar-refractivity contribution < 1.29 is 22.3 Å². The van der Waals surface area contributed by atoms with Crippen LogP contribution in [-0.4, -0.2) is 63.6 Å². The molecule has 0 bridgehead atoms. The minimum absolute atomic E-state index is 0.262. The van der Waals surface area contributed by atoms with E-state index in [1.54, 1.807) is 0 Å². The van der Waals surface area contributed by atoms with Gasteiger partial charge in [0.25, 0.3) is 0 Å². The number of piperazine rings is 1. The van der Waals surface area contributed by atoms with E-state index in [0.717, 1.165) is 11.5 Å². The van der Waals surface area contributed by atoms with Crippen LogP contribution in [0.3, 0.4) is 0 Å². The van der Waals surface area contributed by atoms with Gasteiger partial charge in [-0.15, -0.1) is 0 Å². The van der Waals surface area contributed by atoms with Gasteiger partial charge in [-0.3, -0.25) is 4.90 Å². The highest BCUT2D eigenvalue weighted by molar-refractivity contribution is 7.89. The van der Waals surface area contributed by atoms with Gasteiger partial charge in [-0.05, 0) is 43.3 Å². The normalized spacial score (nSPS) is 16.1. The molecule has 0 unspecified atom stereocenters. The fraction of sp³-hybridized carbons (Fsp3) is 0.400. The van der Waals surface area contributed by atoms with Gasteiger partial charge < -0.3 is 9.47 Å². The van der Waals surface area contributed by atoms with Crippen LogP contribution in [0.25, 0.3) is 0 Å². The summed E-state index contributed by atoms with van der Waals surface area (Å²) in [6, 6.07) is 13.0. The van der Waals surface area contributed by atoms with Crippen LogP contribution < -0.4 is 9.47 Å². The van der Waals surface area contributed by atoms with Gasteiger partial charge in [0.05, 0.1) is 6.61 Å². The molecule has 8 heteroatoms. The second kappa shape index (κ2) is 9.36. The van der Waals surface area contributed by atoms with Gasteiger partial charge in [0.1, 0.15) is 28.8 Å². The minimum Gasteiger partial charge on any atom is -0.494 e. The average Bonchev–Trinajstić information content (AvgIpc) is 2.70. The van der Waals surface area contributed by atoms with Gasteiger partial charge in [0.15, 0.2) is 0 Å². The first-order valence-corrected chi connectivity index (χ1v) is 10.8. The summed E-state index contributed by atoms with van der Waals surface area (Å²) < 4.78 is 51.6. The number of halogens is 1. The standard InChI is InChI=1S/C20H25FN2O4S/c1-2-26-17-7-9-18(10-8-17)27-16-15-22-11-13-23(14-12-22)28(24,25)20-6-4-3-5-19(20)21/h3-10H,2,11-16H2,1H3. The lowest BCUT2D eigenvalue weighted by molar-refractivity contribution is 0.158. The number of hydrogen-bond acceptors (Lipinski definition) is 5. The first-order chi connectivity index (χ1) is 13.5. The molecule has 2 aromatic rings. The third kappa shape index (κ3) is 5.01. The summed E-state index contributed by atoms with van der Waals surface area (Å²) in [5.74, 6) is 0.861. The molecular weight excluding hydrogens is 383 g/mol. The van der Waals surface area contributed by atoms with Crippen molar-refractivity contribution in [3.63, 3.8) is 0 Å². The molecule has 28 heavy (non-hydrogen) atoms. The molecule has 0 N–H and O–H groups in total. The first kappa shape index (κ1) is 20.6. The molecule has 0 radical (unpaired) electrons. The molecule has 152 valence electrons. The summed E-state index contributed by atoms with van der Waals surface area (Å²) in [6.45, 7) is 5.60. The lowest BCUT2D eigenvalue weighted by atomic mass is 10.3. The Kier molecular flexibility index (Phi) is 6.88. The van der Waals surface area contributed by atoms with E-state index >= 15 is 0 Å². The van der Waals surface area contributed by atoms with Gasteiger partial charge in [-0.2, -0.15) is 4.31 Å². The summed E-state index contributed by atoms with van der Waals surface area (Å²) in [5.41, 5.74) is 0. The molecule has 0 aliphatic carbocycles. The van der Waals surface area contributed by atoms with Crippen LogP contribution in [0, 0.1) is 5.82 Å². The predicted octanol–water partition coefficient (Wildman–Crippen LogP) is 2.61. The van der Waals surface area contributed by atoms with Crippen LogP contribution in [0.1, 0.15) is 6.92 Å². The number of nitrogens with zero attached hydrogens (tertiary/aromatic N) is 2. The summed E-state index contributed by atoms with van der Waals surface area (Å²) in [4.78, 5) is 1.88. The van der Waals surface area contributed by atoms with E-state index in [-0.39, 0.29) is 4.90 Å². The fourth-order valence-corrected chi connectivity index (χ4v) is 4.57. The van der Waals surface area contributed by atoms with Crippen molar-refractivity contribution in [3.8, 4) is 11.5 Å². The number of ether oxygens (including phenoxy) is 2. The van der Waals surface area contributed by atoms with Crippen molar-refractivity contribution in [3.05, 3.63) is 54.3 Å². The lowest BCUT2D eigenvalue weighted by Crippen LogP contribution is -2.49. The SMILES string of the molecule is CCOc1ccc(OCCN2CCN(S(=O)(=O)c3ccccc3F)CC2)cc1. The third-order valence-electron chi connectivity index (χ3n) is 4.60. The van der Waals surface area contributed by atoms with Gasteiger partial charge in [-0.1, -0.05) is 12.1 Å². The molecule has 1 heterocycles. The van der Waals surface area contributed by atoms with Crippen molar-refractivity contribution in [2.45, 2.75) is 11.8 Å². The van der Waals surface area contributed by atoms with Crippen LogP contribution in [0.4, 0.5) is 4.39 Å². The van der Waals surface area contributed by atoms with Crippen LogP contribution in [-0.2, 0) is 10.0 Å². The van der Waals surface area contributed by atoms with E-state index < -0.39 is 15.8 Å². The number of rotatable bonds is 8. The van der Waals surface area contributed by atoms with Gasteiger partial charge in [-0.25, -0.2) is 12.8 Å². The van der Waals surface area contributed by atoms with Crippen molar-refractivity contribution in [2.75, 3.05) is 45.9 Å². The maximum absolute atomic E-state index is 13.9. The summed E-state index contributed by atoms with van der Waals surface area (Å²) in [6.07, 6.45) is 0. The molecule has 2 aromatic carbocycles. The largest absolute Gasteiger partial charge is 0.494 e. The maximum Gasteiger partial charge on any atom is 0.246 e. The first-order valence-electron chi connectivity index (χ1n) is 9.33. The van der Waals surface area contributed by atoms with Crippen molar-refractivity contribution in [2.24, 2.45) is 0 Å². The Hall–Kier alpha value is -2.16. The summed E-state index contributed by atoms with van der Waals surface area (Å²) in [5, 5.41) is 0. The third-order valence-corrected chi connectivity index (χ3v) is 6.53. The highest BCUT2D eigenvalue weighted by Gasteiger charge is 2.30. The van der Waals surface area contributed by atoms with Gasteiger partial charge in [0, 0.05) is 32.7 Å². The van der Waals surface area contributed by atoms with Crippen molar-refractivity contribution in [1.29, 1.82) is 0 Å². The second-order valence-electron chi connectivity index (χ2n) is 6.43. The molecular formula is C20H25FN2O4S. The lowest BCUT2D eigenvalue weighted by Gasteiger charge is -2.33. The van der Waals surface area contributed by atoms with Crippen LogP contribution in [0.2, 0.25) is 0 Å². The topological polar surface area (TPSA) is 59.1 Å². The van der Waals surface area contributed by atoms with Crippen molar-refractivity contribution in [1.82, 2.24) is 9.21 Å². The van der Waals surface area contributed by atoms with Crippen LogP contribution in [0.15, 0.2) is 53.4 Å². The minimum atomic E-state index is -3.80. The Labute approximate surface area is 165 Å². The van der Waals surface area contributed by atoms with E-state index in [0.29, 0.717) is 45.9 Å². The molecule has 1 aliphatic rings. The van der Waals surface area contributed by atoms with E-state index in [9.17, 15) is 12.8 Å². The maximum atomic E-state index is 13.9. The highest BCUT2D eigenvalue weighted by Crippen LogP contribution is 2.21. The Morgan fingerprint density at radius 3 is 2.14 bits per heavy atom. The van der Waals surface area contributed by atoms with Gasteiger partial charge >= 0.3 is 0 Å². The Morgan fingerprint density at radius 1 is 0.929 bits per heavy atom. The van der Waals surface area contributed by atoms with Crippen LogP contribution >= 0.6 is 0 Å². The summed E-state index contributed by atoms with van der Waals surface area (Å²) in [7, 11) is -3.80. The van der Waals surface area contributed by atoms with Crippen molar-refractivity contribution >= 4 is 10.0 Å². The molecule has 1 fully saturated rings. The molecule has 0 atom stereocenters.